The average molecular weight is 271 g/mol. The van der Waals surface area contributed by atoms with Gasteiger partial charge in [0.1, 0.15) is 12.4 Å². The first-order valence-electron chi connectivity index (χ1n) is 4.42. The molecular weight excluding hydrogens is 260 g/mol. The second kappa shape index (κ2) is 5.56. The third kappa shape index (κ3) is 3.40. The maximum Gasteiger partial charge on any atom is 0.335 e. The van der Waals surface area contributed by atoms with Crippen LogP contribution in [0.25, 0.3) is 0 Å². The zero-order valence-corrected chi connectivity index (χ0v) is 9.82. The SMILES string of the molecule is C/C=C/COc1cc(C(=O)O)ccc1Br. The molecule has 0 saturated carbocycles. The highest BCUT2D eigenvalue weighted by atomic mass is 79.9. The van der Waals surface area contributed by atoms with Crippen molar-refractivity contribution in [2.45, 2.75) is 6.92 Å². The number of ether oxygens (including phenoxy) is 1. The molecule has 0 unspecified atom stereocenters. The fourth-order valence-corrected chi connectivity index (χ4v) is 1.34. The van der Waals surface area contributed by atoms with Crippen molar-refractivity contribution in [2.75, 3.05) is 6.61 Å². The van der Waals surface area contributed by atoms with E-state index in [0.29, 0.717) is 12.4 Å². The summed E-state index contributed by atoms with van der Waals surface area (Å²) in [5, 5.41) is 8.79. The molecule has 0 fully saturated rings. The molecule has 0 aliphatic rings. The average Bonchev–Trinajstić information content (AvgIpc) is 2.20. The summed E-state index contributed by atoms with van der Waals surface area (Å²) in [5.74, 6) is -0.425. The van der Waals surface area contributed by atoms with Crippen LogP contribution < -0.4 is 4.74 Å². The zero-order chi connectivity index (χ0) is 11.3. The van der Waals surface area contributed by atoms with E-state index in [-0.39, 0.29) is 5.56 Å². The molecule has 1 rings (SSSR count). The van der Waals surface area contributed by atoms with Crippen molar-refractivity contribution in [1.29, 1.82) is 0 Å². The predicted molar refractivity (Wildman–Crippen MR) is 61.4 cm³/mol. The highest BCUT2D eigenvalue weighted by Gasteiger charge is 2.07. The molecular formula is C11H11BrO3. The molecule has 1 N–H and O–H groups in total. The van der Waals surface area contributed by atoms with Gasteiger partial charge in [0.05, 0.1) is 10.0 Å². The number of hydrogen-bond donors (Lipinski definition) is 1. The number of benzene rings is 1. The fourth-order valence-electron chi connectivity index (χ4n) is 0.981. The Morgan fingerprint density at radius 2 is 2.33 bits per heavy atom. The van der Waals surface area contributed by atoms with Crippen molar-refractivity contribution in [1.82, 2.24) is 0 Å². The maximum atomic E-state index is 10.7. The van der Waals surface area contributed by atoms with E-state index in [2.05, 4.69) is 15.9 Å². The van der Waals surface area contributed by atoms with Gasteiger partial charge in [0.25, 0.3) is 0 Å². The monoisotopic (exact) mass is 270 g/mol. The van der Waals surface area contributed by atoms with Crippen LogP contribution in [-0.4, -0.2) is 17.7 Å². The van der Waals surface area contributed by atoms with Crippen LogP contribution in [0.15, 0.2) is 34.8 Å². The van der Waals surface area contributed by atoms with Gasteiger partial charge in [-0.25, -0.2) is 4.79 Å². The second-order valence-electron chi connectivity index (χ2n) is 2.83. The van der Waals surface area contributed by atoms with Crippen LogP contribution in [0.2, 0.25) is 0 Å². The van der Waals surface area contributed by atoms with E-state index in [0.717, 1.165) is 4.47 Å². The molecule has 0 aromatic heterocycles. The molecule has 15 heavy (non-hydrogen) atoms. The molecule has 80 valence electrons. The lowest BCUT2D eigenvalue weighted by atomic mass is 10.2. The van der Waals surface area contributed by atoms with Crippen LogP contribution in [0.5, 0.6) is 5.75 Å². The second-order valence-corrected chi connectivity index (χ2v) is 3.68. The molecule has 1 aromatic carbocycles. The van der Waals surface area contributed by atoms with Gasteiger partial charge >= 0.3 is 5.97 Å². The summed E-state index contributed by atoms with van der Waals surface area (Å²) in [5.41, 5.74) is 0.216. The maximum absolute atomic E-state index is 10.7. The fraction of sp³-hybridized carbons (Fsp3) is 0.182. The molecule has 0 radical (unpaired) electrons. The number of hydrogen-bond acceptors (Lipinski definition) is 2. The Kier molecular flexibility index (Phi) is 4.37. The van der Waals surface area contributed by atoms with Crippen LogP contribution in [0, 0.1) is 0 Å². The molecule has 0 atom stereocenters. The van der Waals surface area contributed by atoms with Gasteiger partial charge in [-0.05, 0) is 41.1 Å². The van der Waals surface area contributed by atoms with Crippen molar-refractivity contribution < 1.29 is 14.6 Å². The summed E-state index contributed by atoms with van der Waals surface area (Å²) in [6, 6.07) is 4.68. The summed E-state index contributed by atoms with van der Waals surface area (Å²) in [4.78, 5) is 10.7. The van der Waals surface area contributed by atoms with Crippen molar-refractivity contribution in [3.8, 4) is 5.75 Å². The van der Waals surface area contributed by atoms with E-state index in [1.165, 1.54) is 12.1 Å². The quantitative estimate of drug-likeness (QED) is 0.856. The summed E-state index contributed by atoms with van der Waals surface area (Å²) in [7, 11) is 0. The van der Waals surface area contributed by atoms with Crippen molar-refractivity contribution in [3.63, 3.8) is 0 Å². The number of carbonyl (C=O) groups is 1. The lowest BCUT2D eigenvalue weighted by molar-refractivity contribution is 0.0696. The molecule has 0 amide bonds. The van der Waals surface area contributed by atoms with Gasteiger partial charge in [0.2, 0.25) is 0 Å². The summed E-state index contributed by atoms with van der Waals surface area (Å²) in [6.45, 7) is 2.32. The topological polar surface area (TPSA) is 46.5 Å². The zero-order valence-electron chi connectivity index (χ0n) is 8.24. The van der Waals surface area contributed by atoms with Gasteiger partial charge in [-0.2, -0.15) is 0 Å². The first-order chi connectivity index (χ1) is 7.15. The third-order valence-corrected chi connectivity index (χ3v) is 2.40. The minimum Gasteiger partial charge on any atom is -0.488 e. The number of allylic oxidation sites excluding steroid dienone is 1. The Morgan fingerprint density at radius 1 is 1.60 bits per heavy atom. The normalized spacial score (nSPS) is 10.5. The van der Waals surface area contributed by atoms with Gasteiger partial charge in [-0.1, -0.05) is 12.2 Å². The molecule has 0 aliphatic carbocycles. The lowest BCUT2D eigenvalue weighted by Gasteiger charge is -2.06. The highest BCUT2D eigenvalue weighted by molar-refractivity contribution is 9.10. The van der Waals surface area contributed by atoms with Crippen LogP contribution in [0.3, 0.4) is 0 Å². The molecule has 0 saturated heterocycles. The summed E-state index contributed by atoms with van der Waals surface area (Å²) < 4.78 is 6.12. The van der Waals surface area contributed by atoms with Crippen molar-refractivity contribution >= 4 is 21.9 Å². The van der Waals surface area contributed by atoms with Crippen LogP contribution in [-0.2, 0) is 0 Å². The Labute approximate surface area is 96.5 Å². The molecule has 1 aromatic rings. The van der Waals surface area contributed by atoms with Gasteiger partial charge < -0.3 is 9.84 Å². The largest absolute Gasteiger partial charge is 0.488 e. The number of rotatable bonds is 4. The minimum atomic E-state index is -0.960. The number of carboxylic acids is 1. The first-order valence-corrected chi connectivity index (χ1v) is 5.21. The Balaban J connectivity index is 2.85. The van der Waals surface area contributed by atoms with Gasteiger partial charge in [-0.3, -0.25) is 0 Å². The standard InChI is InChI=1S/C11H11BrO3/c1-2-3-6-15-10-7-8(11(13)14)4-5-9(10)12/h2-5,7H,6H2,1H3,(H,13,14)/b3-2+. The molecule has 0 bridgehead atoms. The Hall–Kier alpha value is -1.29. The molecule has 4 heteroatoms. The summed E-state index contributed by atoms with van der Waals surface area (Å²) >= 11 is 3.29. The molecule has 0 heterocycles. The van der Waals surface area contributed by atoms with E-state index < -0.39 is 5.97 Å². The van der Waals surface area contributed by atoms with Crippen LogP contribution in [0.1, 0.15) is 17.3 Å². The summed E-state index contributed by atoms with van der Waals surface area (Å²) in [6.07, 6.45) is 3.72. The van der Waals surface area contributed by atoms with Gasteiger partial charge in [0.15, 0.2) is 0 Å². The van der Waals surface area contributed by atoms with Crippen LogP contribution >= 0.6 is 15.9 Å². The third-order valence-electron chi connectivity index (χ3n) is 1.75. The number of aromatic carboxylic acids is 1. The van der Waals surface area contributed by atoms with E-state index in [1.807, 2.05) is 19.1 Å². The van der Waals surface area contributed by atoms with Crippen LogP contribution in [0.4, 0.5) is 0 Å². The Bertz CT molecular complexity index is 385. The van der Waals surface area contributed by atoms with E-state index in [1.54, 1.807) is 6.07 Å². The van der Waals surface area contributed by atoms with Crippen molar-refractivity contribution in [2.24, 2.45) is 0 Å². The van der Waals surface area contributed by atoms with Gasteiger partial charge in [0, 0.05) is 0 Å². The van der Waals surface area contributed by atoms with E-state index in [4.69, 9.17) is 9.84 Å². The van der Waals surface area contributed by atoms with Gasteiger partial charge in [-0.15, -0.1) is 0 Å². The predicted octanol–water partition coefficient (Wildman–Crippen LogP) is 3.10. The smallest absolute Gasteiger partial charge is 0.335 e. The molecule has 3 nitrogen and oxygen atoms in total. The highest BCUT2D eigenvalue weighted by Crippen LogP contribution is 2.26. The first kappa shape index (κ1) is 11.8. The lowest BCUT2D eigenvalue weighted by Crippen LogP contribution is -1.99. The Morgan fingerprint density at radius 3 is 2.93 bits per heavy atom. The minimum absolute atomic E-state index is 0.216. The molecule has 0 spiro atoms. The number of carboxylic acid groups (broad SMARTS) is 1. The molecule has 0 aliphatic heterocycles. The van der Waals surface area contributed by atoms with Crippen molar-refractivity contribution in [3.05, 3.63) is 40.4 Å². The number of halogens is 1. The van der Waals surface area contributed by atoms with E-state index >= 15 is 0 Å². The van der Waals surface area contributed by atoms with E-state index in [9.17, 15) is 4.79 Å².